The average molecular weight is 500 g/mol. The van der Waals surface area contributed by atoms with Crippen LogP contribution in [-0.4, -0.2) is 35.4 Å². The van der Waals surface area contributed by atoms with Crippen LogP contribution in [0, 0.1) is 6.92 Å². The topological polar surface area (TPSA) is 76.1 Å². The van der Waals surface area contributed by atoms with Crippen LogP contribution in [0.15, 0.2) is 78.4 Å². The van der Waals surface area contributed by atoms with E-state index in [9.17, 15) is 14.7 Å². The van der Waals surface area contributed by atoms with Crippen molar-refractivity contribution in [2.24, 2.45) is 0 Å². The molecule has 1 atom stereocenters. The van der Waals surface area contributed by atoms with Crippen LogP contribution in [0.1, 0.15) is 54.5 Å². The number of ether oxygens (including phenoxy) is 2. The summed E-state index contributed by atoms with van der Waals surface area (Å²) in [6.45, 7) is 4.92. The fourth-order valence-corrected chi connectivity index (χ4v) is 4.60. The van der Waals surface area contributed by atoms with Gasteiger partial charge in [-0.3, -0.25) is 9.59 Å². The smallest absolute Gasteiger partial charge is 0.295 e. The van der Waals surface area contributed by atoms with Crippen molar-refractivity contribution >= 4 is 17.4 Å². The van der Waals surface area contributed by atoms with Crippen LogP contribution >= 0.6 is 0 Å². The van der Waals surface area contributed by atoms with Gasteiger partial charge in [0.25, 0.3) is 11.7 Å². The van der Waals surface area contributed by atoms with E-state index in [0.717, 1.165) is 36.0 Å². The predicted molar refractivity (Wildman–Crippen MR) is 143 cm³/mol. The number of methoxy groups -OCH3 is 1. The third-order valence-electron chi connectivity index (χ3n) is 6.53. The van der Waals surface area contributed by atoms with Crippen LogP contribution in [-0.2, 0) is 16.1 Å². The van der Waals surface area contributed by atoms with Crippen LogP contribution in [0.4, 0.5) is 0 Å². The van der Waals surface area contributed by atoms with E-state index < -0.39 is 17.7 Å². The molecule has 0 aromatic heterocycles. The Labute approximate surface area is 218 Å². The summed E-state index contributed by atoms with van der Waals surface area (Å²) in [5, 5.41) is 11.3. The lowest BCUT2D eigenvalue weighted by atomic mass is 9.94. The van der Waals surface area contributed by atoms with Crippen molar-refractivity contribution in [1.82, 2.24) is 4.90 Å². The number of hydrogen-bond acceptors (Lipinski definition) is 5. The van der Waals surface area contributed by atoms with Gasteiger partial charge in [-0.05, 0) is 60.9 Å². The lowest BCUT2D eigenvalue weighted by Crippen LogP contribution is -2.29. The van der Waals surface area contributed by atoms with Crippen molar-refractivity contribution in [3.05, 3.63) is 101 Å². The predicted octanol–water partition coefficient (Wildman–Crippen LogP) is 6.19. The highest BCUT2D eigenvalue weighted by atomic mass is 16.5. The van der Waals surface area contributed by atoms with Crippen molar-refractivity contribution in [1.29, 1.82) is 0 Å². The monoisotopic (exact) mass is 499 g/mol. The van der Waals surface area contributed by atoms with Crippen LogP contribution in [0.5, 0.6) is 11.5 Å². The third-order valence-corrected chi connectivity index (χ3v) is 6.53. The lowest BCUT2D eigenvalue weighted by molar-refractivity contribution is -0.140. The van der Waals surface area contributed by atoms with Crippen LogP contribution < -0.4 is 9.47 Å². The molecule has 0 spiro atoms. The zero-order chi connectivity index (χ0) is 26.4. The van der Waals surface area contributed by atoms with Gasteiger partial charge < -0.3 is 19.5 Å². The summed E-state index contributed by atoms with van der Waals surface area (Å²) in [4.78, 5) is 28.1. The molecule has 1 amide bonds. The van der Waals surface area contributed by atoms with Crippen LogP contribution in [0.3, 0.4) is 0 Å². The first-order chi connectivity index (χ1) is 17.9. The second-order valence-electron chi connectivity index (χ2n) is 9.27. The van der Waals surface area contributed by atoms with Crippen molar-refractivity contribution < 1.29 is 24.2 Å². The first-order valence-electron chi connectivity index (χ1n) is 12.6. The SMILES string of the molecule is CCCCCOc1ccc(/C(O)=C2/C(=O)C(=O)N(Cc3cccc(OC)c3)C2c2cccc(C)c2)cc1. The molecule has 6 heteroatoms. The molecule has 0 aliphatic carbocycles. The van der Waals surface area contributed by atoms with E-state index in [4.69, 9.17) is 9.47 Å². The summed E-state index contributed by atoms with van der Waals surface area (Å²) in [7, 11) is 1.58. The number of carbonyl (C=O) groups excluding carboxylic acids is 2. The van der Waals surface area contributed by atoms with Gasteiger partial charge in [0.05, 0.1) is 25.3 Å². The summed E-state index contributed by atoms with van der Waals surface area (Å²) in [5.41, 5.74) is 3.12. The standard InChI is InChI=1S/C31H33NO5/c1-4-5-6-17-37-25-15-13-23(14-16-25)29(33)27-28(24-11-7-9-21(2)18-24)32(31(35)30(27)34)20-22-10-8-12-26(19-22)36-3/h7-16,18-19,28,33H,4-6,17,20H2,1-3H3/b29-27-. The summed E-state index contributed by atoms with van der Waals surface area (Å²) >= 11 is 0. The summed E-state index contributed by atoms with van der Waals surface area (Å²) in [6, 6.07) is 21.3. The first kappa shape index (κ1) is 26.0. The minimum Gasteiger partial charge on any atom is -0.507 e. The van der Waals surface area contributed by atoms with Crippen molar-refractivity contribution in [3.63, 3.8) is 0 Å². The highest BCUT2D eigenvalue weighted by molar-refractivity contribution is 6.46. The maximum absolute atomic E-state index is 13.3. The quantitative estimate of drug-likeness (QED) is 0.156. The van der Waals surface area contributed by atoms with E-state index in [-0.39, 0.29) is 17.9 Å². The van der Waals surface area contributed by atoms with E-state index in [2.05, 4.69) is 6.92 Å². The Bertz CT molecular complexity index is 1290. The Kier molecular flexibility index (Phi) is 8.29. The first-order valence-corrected chi connectivity index (χ1v) is 12.6. The fraction of sp³-hybridized carbons (Fsp3) is 0.290. The number of benzene rings is 3. The fourth-order valence-electron chi connectivity index (χ4n) is 4.60. The van der Waals surface area contributed by atoms with Crippen molar-refractivity contribution in [2.45, 2.75) is 45.7 Å². The highest BCUT2D eigenvalue weighted by Crippen LogP contribution is 2.40. The number of likely N-dealkylation sites (tertiary alicyclic amines) is 1. The molecule has 37 heavy (non-hydrogen) atoms. The molecule has 1 N–H and O–H groups in total. The lowest BCUT2D eigenvalue weighted by Gasteiger charge is -2.26. The van der Waals surface area contributed by atoms with Gasteiger partial charge in [0.1, 0.15) is 17.3 Å². The Balaban J connectivity index is 1.71. The molecular formula is C31H33NO5. The number of aliphatic hydroxyl groups excluding tert-OH is 1. The molecule has 1 aliphatic rings. The number of nitrogens with zero attached hydrogens (tertiary/aromatic N) is 1. The molecule has 1 fully saturated rings. The minimum absolute atomic E-state index is 0.0788. The maximum atomic E-state index is 13.3. The van der Waals surface area contributed by atoms with E-state index in [0.29, 0.717) is 23.7 Å². The van der Waals surface area contributed by atoms with Crippen LogP contribution in [0.2, 0.25) is 0 Å². The number of amides is 1. The second kappa shape index (κ2) is 11.8. The Hall–Kier alpha value is -4.06. The number of ketones is 1. The van der Waals surface area contributed by atoms with Gasteiger partial charge in [-0.1, -0.05) is 61.7 Å². The summed E-state index contributed by atoms with van der Waals surface area (Å²) in [5.74, 6) is -0.186. The van der Waals surface area contributed by atoms with E-state index >= 15 is 0 Å². The Morgan fingerprint density at radius 2 is 1.70 bits per heavy atom. The average Bonchev–Trinajstić information content (AvgIpc) is 3.16. The van der Waals surface area contributed by atoms with Crippen molar-refractivity contribution in [3.8, 4) is 11.5 Å². The molecule has 4 rings (SSSR count). The van der Waals surface area contributed by atoms with Gasteiger partial charge in [-0.15, -0.1) is 0 Å². The minimum atomic E-state index is -0.726. The maximum Gasteiger partial charge on any atom is 0.295 e. The molecule has 1 aliphatic heterocycles. The molecule has 1 heterocycles. The molecule has 0 saturated carbocycles. The Morgan fingerprint density at radius 3 is 2.41 bits per heavy atom. The van der Waals surface area contributed by atoms with Gasteiger partial charge in [0, 0.05) is 12.1 Å². The normalized spacial score (nSPS) is 16.7. The van der Waals surface area contributed by atoms with Gasteiger partial charge in [-0.2, -0.15) is 0 Å². The number of hydrogen-bond donors (Lipinski definition) is 1. The molecule has 192 valence electrons. The number of aryl methyl sites for hydroxylation is 1. The molecule has 1 unspecified atom stereocenters. The van der Waals surface area contributed by atoms with Gasteiger partial charge in [0.2, 0.25) is 0 Å². The number of Topliss-reactive ketones (excluding diaryl/α,β-unsaturated/α-hetero) is 1. The van der Waals surface area contributed by atoms with E-state index in [1.807, 2.05) is 55.5 Å². The highest BCUT2D eigenvalue weighted by Gasteiger charge is 2.46. The number of unbranched alkanes of at least 4 members (excludes halogenated alkanes) is 2. The largest absolute Gasteiger partial charge is 0.507 e. The Morgan fingerprint density at radius 1 is 0.946 bits per heavy atom. The summed E-state index contributed by atoms with van der Waals surface area (Å²) < 4.78 is 11.1. The van der Waals surface area contributed by atoms with E-state index in [1.165, 1.54) is 4.90 Å². The van der Waals surface area contributed by atoms with Gasteiger partial charge in [-0.25, -0.2) is 0 Å². The molecule has 3 aromatic carbocycles. The molecule has 3 aromatic rings. The third kappa shape index (κ3) is 5.85. The number of rotatable bonds is 10. The molecule has 6 nitrogen and oxygen atoms in total. The van der Waals surface area contributed by atoms with Gasteiger partial charge in [0.15, 0.2) is 0 Å². The second-order valence-corrected chi connectivity index (χ2v) is 9.27. The summed E-state index contributed by atoms with van der Waals surface area (Å²) in [6.07, 6.45) is 3.20. The van der Waals surface area contributed by atoms with Crippen molar-refractivity contribution in [2.75, 3.05) is 13.7 Å². The molecular weight excluding hydrogens is 466 g/mol. The van der Waals surface area contributed by atoms with E-state index in [1.54, 1.807) is 31.4 Å². The zero-order valence-electron chi connectivity index (χ0n) is 21.6. The van der Waals surface area contributed by atoms with Crippen LogP contribution in [0.25, 0.3) is 5.76 Å². The molecule has 1 saturated heterocycles. The van der Waals surface area contributed by atoms with Gasteiger partial charge >= 0.3 is 0 Å². The molecule has 0 radical (unpaired) electrons. The number of carbonyl (C=O) groups is 2. The molecule has 0 bridgehead atoms. The zero-order valence-corrected chi connectivity index (χ0v) is 21.6. The number of aliphatic hydroxyl groups is 1.